The zero-order valence-corrected chi connectivity index (χ0v) is 11.6. The van der Waals surface area contributed by atoms with Crippen LogP contribution in [0.25, 0.3) is 11.7 Å². The smallest absolute Gasteiger partial charge is 0.284 e. The lowest BCUT2D eigenvalue weighted by Gasteiger charge is -1.96. The van der Waals surface area contributed by atoms with Gasteiger partial charge in [0.15, 0.2) is 5.76 Å². The predicted octanol–water partition coefficient (Wildman–Crippen LogP) is 3.40. The minimum atomic E-state index is 0.371. The molecule has 0 bridgehead atoms. The molecule has 3 aromatic rings. The van der Waals surface area contributed by atoms with Gasteiger partial charge in [0, 0.05) is 0 Å². The largest absolute Gasteiger partial charge is 0.459 e. The third kappa shape index (κ3) is 2.43. The number of rotatable bonds is 4. The summed E-state index contributed by atoms with van der Waals surface area (Å²) < 4.78 is 10.7. The van der Waals surface area contributed by atoms with Crippen molar-refractivity contribution in [3.63, 3.8) is 0 Å². The van der Waals surface area contributed by atoms with E-state index in [1.165, 1.54) is 11.8 Å². The number of aromatic nitrogens is 2. The lowest BCUT2D eigenvalue weighted by Crippen LogP contribution is -2.08. The second-order valence-electron chi connectivity index (χ2n) is 4.27. The van der Waals surface area contributed by atoms with Crippen molar-refractivity contribution in [1.82, 2.24) is 15.5 Å². The van der Waals surface area contributed by atoms with Crippen LogP contribution in [0.5, 0.6) is 0 Å². The highest BCUT2D eigenvalue weighted by molar-refractivity contribution is 7.99. The van der Waals surface area contributed by atoms with Crippen LogP contribution in [-0.2, 0) is 0 Å². The molecule has 3 heterocycles. The molecular formula is C14H9N4O2S. The molecule has 1 aliphatic rings. The number of thioether (sulfide) groups is 1. The Labute approximate surface area is 124 Å². The first-order chi connectivity index (χ1) is 10.4. The Morgan fingerprint density at radius 3 is 2.71 bits per heavy atom. The Kier molecular flexibility index (Phi) is 2.97. The van der Waals surface area contributed by atoms with E-state index in [4.69, 9.17) is 8.83 Å². The van der Waals surface area contributed by atoms with Gasteiger partial charge in [-0.3, -0.25) is 0 Å². The maximum absolute atomic E-state index is 5.52. The Balaban J connectivity index is 1.42. The molecule has 1 aliphatic heterocycles. The van der Waals surface area contributed by atoms with Crippen molar-refractivity contribution in [1.29, 1.82) is 0 Å². The number of aliphatic imine (C=N–C) groups is 1. The van der Waals surface area contributed by atoms with E-state index in [9.17, 15) is 0 Å². The van der Waals surface area contributed by atoms with E-state index in [0.717, 1.165) is 17.2 Å². The van der Waals surface area contributed by atoms with E-state index < -0.39 is 0 Å². The van der Waals surface area contributed by atoms with Crippen LogP contribution >= 0.6 is 11.8 Å². The van der Waals surface area contributed by atoms with E-state index in [1.54, 1.807) is 18.4 Å². The quantitative estimate of drug-likeness (QED) is 0.689. The molecule has 0 saturated heterocycles. The van der Waals surface area contributed by atoms with Crippen LogP contribution < -0.4 is 5.32 Å². The summed E-state index contributed by atoms with van der Waals surface area (Å²) in [6, 6.07) is 11.3. The first kappa shape index (κ1) is 12.2. The molecule has 0 atom stereocenters. The van der Waals surface area contributed by atoms with Gasteiger partial charge in [-0.15, -0.1) is 10.2 Å². The van der Waals surface area contributed by atoms with Crippen molar-refractivity contribution in [3.05, 3.63) is 42.7 Å². The van der Waals surface area contributed by atoms with Gasteiger partial charge in [0.05, 0.1) is 23.4 Å². The molecule has 0 N–H and O–H groups in total. The van der Waals surface area contributed by atoms with Gasteiger partial charge in [-0.05, 0) is 24.3 Å². The second kappa shape index (κ2) is 5.10. The van der Waals surface area contributed by atoms with Crippen LogP contribution in [0.15, 0.2) is 61.7 Å². The van der Waals surface area contributed by atoms with Crippen LogP contribution in [0.3, 0.4) is 0 Å². The molecule has 4 rings (SSSR count). The number of benzene rings is 1. The van der Waals surface area contributed by atoms with E-state index in [-0.39, 0.29) is 0 Å². The standard InChI is InChI=1S/C14H9N4O2S/c1-2-5-10-9(4-1)15-12(16-10)8-21-14-18-17-13(20-14)11-6-3-7-19-11/h1-7H,8H2. The lowest BCUT2D eigenvalue weighted by atomic mass is 10.3. The Morgan fingerprint density at radius 1 is 1.00 bits per heavy atom. The number of hydrogen-bond donors (Lipinski definition) is 0. The third-order valence-electron chi connectivity index (χ3n) is 2.84. The number of amidine groups is 1. The summed E-state index contributed by atoms with van der Waals surface area (Å²) in [6.07, 6.45) is 1.57. The number of furan rings is 1. The fraction of sp³-hybridized carbons (Fsp3) is 0.0714. The van der Waals surface area contributed by atoms with Crippen molar-refractivity contribution < 1.29 is 8.83 Å². The molecule has 103 valence electrons. The minimum absolute atomic E-state index is 0.371. The Morgan fingerprint density at radius 2 is 1.90 bits per heavy atom. The van der Waals surface area contributed by atoms with E-state index in [2.05, 4.69) is 20.5 Å². The summed E-state index contributed by atoms with van der Waals surface area (Å²) in [5, 5.41) is 12.8. The van der Waals surface area contributed by atoms with E-state index >= 15 is 0 Å². The number of fused-ring (bicyclic) bond motifs is 1. The molecule has 0 amide bonds. The van der Waals surface area contributed by atoms with Gasteiger partial charge in [0.2, 0.25) is 0 Å². The zero-order chi connectivity index (χ0) is 14.1. The van der Waals surface area contributed by atoms with Crippen LogP contribution in [-0.4, -0.2) is 21.8 Å². The molecule has 21 heavy (non-hydrogen) atoms. The molecule has 6 nitrogen and oxygen atoms in total. The molecule has 0 unspecified atom stereocenters. The number of hydrogen-bond acceptors (Lipinski definition) is 6. The van der Waals surface area contributed by atoms with Crippen molar-refractivity contribution in [2.75, 3.05) is 5.75 Å². The summed E-state index contributed by atoms with van der Waals surface area (Å²) in [7, 11) is 0. The summed E-state index contributed by atoms with van der Waals surface area (Å²) >= 11 is 1.40. The predicted molar refractivity (Wildman–Crippen MR) is 78.1 cm³/mol. The fourth-order valence-electron chi connectivity index (χ4n) is 1.92. The Hall–Kier alpha value is -2.54. The highest BCUT2D eigenvalue weighted by atomic mass is 32.2. The lowest BCUT2D eigenvalue weighted by molar-refractivity contribution is 0.447. The molecule has 1 radical (unpaired) electrons. The van der Waals surface area contributed by atoms with Crippen LogP contribution in [0, 0.1) is 0 Å². The highest BCUT2D eigenvalue weighted by Crippen LogP contribution is 2.31. The van der Waals surface area contributed by atoms with E-state index in [1.807, 2.05) is 24.3 Å². The summed E-state index contributed by atoms with van der Waals surface area (Å²) in [4.78, 5) is 4.44. The SMILES string of the molecule is c1coc(-c2nnc(SCC3=Nc4ccccc4[N]3)o2)c1. The molecule has 0 aliphatic carbocycles. The van der Waals surface area contributed by atoms with Crippen LogP contribution in [0.2, 0.25) is 0 Å². The fourth-order valence-corrected chi connectivity index (χ4v) is 2.53. The number of para-hydroxylation sites is 2. The number of nitrogens with zero attached hydrogens (tertiary/aromatic N) is 4. The van der Waals surface area contributed by atoms with Gasteiger partial charge in [0.1, 0.15) is 5.84 Å². The molecule has 2 aromatic heterocycles. The summed E-state index contributed by atoms with van der Waals surface area (Å²) in [5.74, 6) is 2.26. The third-order valence-corrected chi connectivity index (χ3v) is 3.66. The molecule has 1 aromatic carbocycles. The average Bonchev–Trinajstić information content (AvgIpc) is 3.23. The normalized spacial score (nSPS) is 12.9. The second-order valence-corrected chi connectivity index (χ2v) is 5.19. The van der Waals surface area contributed by atoms with Gasteiger partial charge >= 0.3 is 0 Å². The molecular weight excluding hydrogens is 288 g/mol. The highest BCUT2D eigenvalue weighted by Gasteiger charge is 2.17. The van der Waals surface area contributed by atoms with Gasteiger partial charge in [-0.1, -0.05) is 23.9 Å². The van der Waals surface area contributed by atoms with Crippen molar-refractivity contribution in [2.45, 2.75) is 5.22 Å². The minimum Gasteiger partial charge on any atom is -0.459 e. The summed E-state index contributed by atoms with van der Waals surface area (Å²) in [5.41, 5.74) is 1.80. The molecule has 0 fully saturated rings. The topological polar surface area (TPSA) is 78.5 Å². The molecule has 0 saturated carbocycles. The van der Waals surface area contributed by atoms with Crippen molar-refractivity contribution >= 4 is 29.0 Å². The first-order valence-electron chi connectivity index (χ1n) is 6.27. The summed E-state index contributed by atoms with van der Waals surface area (Å²) in [6.45, 7) is 0. The maximum atomic E-state index is 5.52. The monoisotopic (exact) mass is 297 g/mol. The zero-order valence-electron chi connectivity index (χ0n) is 10.8. The van der Waals surface area contributed by atoms with E-state index in [0.29, 0.717) is 22.6 Å². The molecule has 7 heteroatoms. The van der Waals surface area contributed by atoms with Gasteiger partial charge in [0.25, 0.3) is 11.1 Å². The van der Waals surface area contributed by atoms with Gasteiger partial charge in [-0.25, -0.2) is 10.3 Å². The Bertz CT molecular complexity index is 795. The van der Waals surface area contributed by atoms with Crippen molar-refractivity contribution in [3.8, 4) is 11.7 Å². The van der Waals surface area contributed by atoms with Crippen LogP contribution in [0.1, 0.15) is 0 Å². The first-order valence-corrected chi connectivity index (χ1v) is 7.25. The molecule has 0 spiro atoms. The maximum Gasteiger partial charge on any atom is 0.284 e. The van der Waals surface area contributed by atoms with Crippen molar-refractivity contribution in [2.24, 2.45) is 4.99 Å². The van der Waals surface area contributed by atoms with Gasteiger partial charge < -0.3 is 8.83 Å². The average molecular weight is 297 g/mol. The van der Waals surface area contributed by atoms with Crippen LogP contribution in [0.4, 0.5) is 11.4 Å². The van der Waals surface area contributed by atoms with Gasteiger partial charge in [-0.2, -0.15) is 0 Å².